The number of nitrogens with two attached hydrogens (primary N) is 1. The molecule has 1 unspecified atom stereocenters. The second kappa shape index (κ2) is 5.09. The second-order valence-corrected chi connectivity index (χ2v) is 4.14. The van der Waals surface area contributed by atoms with Crippen molar-refractivity contribution in [3.8, 4) is 5.75 Å². The molecule has 15 heavy (non-hydrogen) atoms. The van der Waals surface area contributed by atoms with Gasteiger partial charge in [-0.2, -0.15) is 0 Å². The molecule has 0 aromatic heterocycles. The Hall–Kier alpha value is -1.13. The Bertz CT molecular complexity index is 366. The van der Waals surface area contributed by atoms with E-state index < -0.39 is 0 Å². The topological polar surface area (TPSA) is 66.5 Å². The Labute approximate surface area is 94.5 Å². The summed E-state index contributed by atoms with van der Waals surface area (Å²) in [5.41, 5.74) is 7.01. The molecular formula is C11H15NO2S. The normalized spacial score (nSPS) is 12.4. The molecule has 4 N–H and O–H groups in total. The van der Waals surface area contributed by atoms with Gasteiger partial charge in [0.05, 0.1) is 11.6 Å². The Balaban J connectivity index is 2.90. The van der Waals surface area contributed by atoms with Crippen LogP contribution in [-0.4, -0.2) is 15.2 Å². The van der Waals surface area contributed by atoms with Crippen LogP contribution in [0.15, 0.2) is 18.2 Å². The summed E-state index contributed by atoms with van der Waals surface area (Å²) in [7, 11) is 0. The van der Waals surface area contributed by atoms with Crippen molar-refractivity contribution in [2.24, 2.45) is 5.73 Å². The lowest BCUT2D eigenvalue weighted by Gasteiger charge is -2.12. The average Bonchev–Trinajstić information content (AvgIpc) is 2.17. The van der Waals surface area contributed by atoms with E-state index in [0.717, 1.165) is 5.56 Å². The lowest BCUT2D eigenvalue weighted by Crippen LogP contribution is -2.11. The first-order valence-corrected chi connectivity index (χ1v) is 5.16. The standard InChI is InChI=1S/C11H15NO2S/c1-7(4-11(12)15)8-2-3-10(14)9(5-8)6-13/h2-3,5,7,13-14H,4,6H2,1H3,(H2,12,15). The van der Waals surface area contributed by atoms with Crippen molar-refractivity contribution in [2.45, 2.75) is 25.9 Å². The molecule has 0 aliphatic heterocycles. The molecule has 0 amide bonds. The summed E-state index contributed by atoms with van der Waals surface area (Å²) in [4.78, 5) is 0.473. The number of aliphatic hydroxyl groups excluding tert-OH is 1. The zero-order valence-corrected chi connectivity index (χ0v) is 9.42. The molecule has 0 saturated heterocycles. The minimum Gasteiger partial charge on any atom is -0.508 e. The van der Waals surface area contributed by atoms with Crippen molar-refractivity contribution in [2.75, 3.05) is 0 Å². The van der Waals surface area contributed by atoms with Crippen LogP contribution in [0.4, 0.5) is 0 Å². The van der Waals surface area contributed by atoms with Gasteiger partial charge in [0.25, 0.3) is 0 Å². The van der Waals surface area contributed by atoms with Crippen LogP contribution in [0.1, 0.15) is 30.4 Å². The van der Waals surface area contributed by atoms with Gasteiger partial charge in [-0.1, -0.05) is 25.2 Å². The molecule has 1 rings (SSSR count). The molecule has 0 bridgehead atoms. The fourth-order valence-corrected chi connectivity index (χ4v) is 1.71. The summed E-state index contributed by atoms with van der Waals surface area (Å²) >= 11 is 4.84. The number of aliphatic hydroxyl groups is 1. The van der Waals surface area contributed by atoms with Gasteiger partial charge in [-0.3, -0.25) is 0 Å². The van der Waals surface area contributed by atoms with E-state index in [-0.39, 0.29) is 18.3 Å². The van der Waals surface area contributed by atoms with Gasteiger partial charge < -0.3 is 15.9 Å². The lowest BCUT2D eigenvalue weighted by molar-refractivity contribution is 0.275. The summed E-state index contributed by atoms with van der Waals surface area (Å²) in [5, 5.41) is 18.4. The quantitative estimate of drug-likeness (QED) is 0.682. The molecule has 0 fully saturated rings. The molecule has 0 spiro atoms. The van der Waals surface area contributed by atoms with Gasteiger partial charge in [-0.15, -0.1) is 0 Å². The van der Waals surface area contributed by atoms with Crippen molar-refractivity contribution in [1.82, 2.24) is 0 Å². The molecular weight excluding hydrogens is 210 g/mol. The Kier molecular flexibility index (Phi) is 4.05. The van der Waals surface area contributed by atoms with Crippen molar-refractivity contribution >= 4 is 17.2 Å². The van der Waals surface area contributed by atoms with E-state index in [9.17, 15) is 5.11 Å². The van der Waals surface area contributed by atoms with E-state index in [4.69, 9.17) is 23.1 Å². The van der Waals surface area contributed by atoms with Crippen LogP contribution < -0.4 is 5.73 Å². The third kappa shape index (κ3) is 3.18. The number of phenols is 1. The number of hydrogen-bond donors (Lipinski definition) is 3. The molecule has 82 valence electrons. The highest BCUT2D eigenvalue weighted by molar-refractivity contribution is 7.80. The maximum absolute atomic E-state index is 9.39. The average molecular weight is 225 g/mol. The Morgan fingerprint density at radius 2 is 2.20 bits per heavy atom. The maximum Gasteiger partial charge on any atom is 0.121 e. The number of aromatic hydroxyl groups is 1. The molecule has 4 heteroatoms. The molecule has 0 aliphatic rings. The first kappa shape index (κ1) is 11.9. The summed E-state index contributed by atoms with van der Waals surface area (Å²) in [5.74, 6) is 0.317. The third-order valence-corrected chi connectivity index (χ3v) is 2.52. The van der Waals surface area contributed by atoms with E-state index in [1.54, 1.807) is 12.1 Å². The number of hydrogen-bond acceptors (Lipinski definition) is 3. The first-order valence-electron chi connectivity index (χ1n) is 4.75. The van der Waals surface area contributed by atoms with E-state index in [2.05, 4.69) is 0 Å². The molecule has 1 atom stereocenters. The second-order valence-electron chi connectivity index (χ2n) is 3.62. The summed E-state index contributed by atoms with van der Waals surface area (Å²) in [6.07, 6.45) is 0.630. The number of benzene rings is 1. The predicted molar refractivity (Wildman–Crippen MR) is 63.8 cm³/mol. The molecule has 1 aromatic rings. The minimum atomic E-state index is -0.167. The van der Waals surface area contributed by atoms with Crippen LogP contribution in [0.2, 0.25) is 0 Å². The van der Waals surface area contributed by atoms with E-state index in [0.29, 0.717) is 17.0 Å². The molecule has 1 aromatic carbocycles. The maximum atomic E-state index is 9.39. The largest absolute Gasteiger partial charge is 0.508 e. The van der Waals surface area contributed by atoms with Gasteiger partial charge >= 0.3 is 0 Å². The van der Waals surface area contributed by atoms with Gasteiger partial charge in [0.2, 0.25) is 0 Å². The van der Waals surface area contributed by atoms with Crippen molar-refractivity contribution in [1.29, 1.82) is 0 Å². The van der Waals surface area contributed by atoms with Gasteiger partial charge in [-0.05, 0) is 23.6 Å². The van der Waals surface area contributed by atoms with Crippen LogP contribution in [0.25, 0.3) is 0 Å². The Morgan fingerprint density at radius 1 is 1.53 bits per heavy atom. The van der Waals surface area contributed by atoms with Crippen LogP contribution in [0, 0.1) is 0 Å². The molecule has 0 saturated carbocycles. The third-order valence-electron chi connectivity index (χ3n) is 2.35. The van der Waals surface area contributed by atoms with Crippen molar-refractivity contribution in [3.63, 3.8) is 0 Å². The van der Waals surface area contributed by atoms with Crippen LogP contribution >= 0.6 is 12.2 Å². The van der Waals surface area contributed by atoms with Crippen LogP contribution in [0.3, 0.4) is 0 Å². The monoisotopic (exact) mass is 225 g/mol. The fourth-order valence-electron chi connectivity index (χ4n) is 1.46. The first-order chi connectivity index (χ1) is 7.04. The SMILES string of the molecule is CC(CC(N)=S)c1ccc(O)c(CO)c1. The van der Waals surface area contributed by atoms with Crippen LogP contribution in [0.5, 0.6) is 5.75 Å². The minimum absolute atomic E-state index is 0.115. The molecule has 0 aliphatic carbocycles. The summed E-state index contributed by atoms with van der Waals surface area (Å²) < 4.78 is 0. The van der Waals surface area contributed by atoms with Crippen molar-refractivity contribution in [3.05, 3.63) is 29.3 Å². The van der Waals surface area contributed by atoms with E-state index >= 15 is 0 Å². The molecule has 3 nitrogen and oxygen atoms in total. The predicted octanol–water partition coefficient (Wildman–Crippen LogP) is 1.66. The highest BCUT2D eigenvalue weighted by Crippen LogP contribution is 2.25. The zero-order chi connectivity index (χ0) is 11.4. The van der Waals surface area contributed by atoms with Gasteiger partial charge in [-0.25, -0.2) is 0 Å². The lowest BCUT2D eigenvalue weighted by atomic mass is 9.96. The highest BCUT2D eigenvalue weighted by Gasteiger charge is 2.09. The summed E-state index contributed by atoms with van der Waals surface area (Å²) in [6.45, 7) is 1.84. The van der Waals surface area contributed by atoms with Gasteiger partial charge in [0.1, 0.15) is 5.75 Å². The van der Waals surface area contributed by atoms with Crippen LogP contribution in [-0.2, 0) is 6.61 Å². The molecule has 0 radical (unpaired) electrons. The highest BCUT2D eigenvalue weighted by atomic mass is 32.1. The zero-order valence-electron chi connectivity index (χ0n) is 8.60. The summed E-state index contributed by atoms with van der Waals surface area (Å²) in [6, 6.07) is 5.17. The van der Waals surface area contributed by atoms with E-state index in [1.165, 1.54) is 0 Å². The number of thiocarbonyl (C=S) groups is 1. The van der Waals surface area contributed by atoms with Crippen molar-refractivity contribution < 1.29 is 10.2 Å². The fraction of sp³-hybridized carbons (Fsp3) is 0.364. The van der Waals surface area contributed by atoms with Gasteiger partial charge in [0, 0.05) is 12.0 Å². The smallest absolute Gasteiger partial charge is 0.121 e. The number of rotatable bonds is 4. The molecule has 0 heterocycles. The Morgan fingerprint density at radius 3 is 2.73 bits per heavy atom. The van der Waals surface area contributed by atoms with Gasteiger partial charge in [0.15, 0.2) is 0 Å². The van der Waals surface area contributed by atoms with E-state index in [1.807, 2.05) is 13.0 Å².